The summed E-state index contributed by atoms with van der Waals surface area (Å²) in [5.41, 5.74) is 3.68. The molecule has 0 aromatic heterocycles. The predicted octanol–water partition coefficient (Wildman–Crippen LogP) is 3.41. The fraction of sp³-hybridized carbons (Fsp3) is 0.429. The molecule has 0 aliphatic carbocycles. The van der Waals surface area contributed by atoms with E-state index in [2.05, 4.69) is 16.8 Å². The lowest BCUT2D eigenvalue weighted by Crippen LogP contribution is -2.37. The molecule has 194 valence electrons. The van der Waals surface area contributed by atoms with Crippen LogP contribution in [0.2, 0.25) is 0 Å². The fourth-order valence-corrected chi connectivity index (χ4v) is 4.10. The van der Waals surface area contributed by atoms with E-state index in [1.54, 1.807) is 0 Å². The van der Waals surface area contributed by atoms with Crippen LogP contribution in [0, 0.1) is 0 Å². The largest absolute Gasteiger partial charge is 0.453 e. The number of amides is 1. The number of aliphatic hydroxyl groups excluding tert-OH is 1. The molecule has 4 atom stereocenters. The lowest BCUT2D eigenvalue weighted by Gasteiger charge is -2.37. The van der Waals surface area contributed by atoms with Crippen LogP contribution in [-0.4, -0.2) is 54.2 Å². The molecule has 1 aliphatic heterocycles. The molecule has 8 nitrogen and oxygen atoms in total. The van der Waals surface area contributed by atoms with Crippen molar-refractivity contribution in [1.29, 1.82) is 0 Å². The topological polar surface area (TPSA) is 97.3 Å². The Morgan fingerprint density at radius 1 is 1.14 bits per heavy atom. The maximum absolute atomic E-state index is 12.1. The minimum Gasteiger partial charge on any atom is -0.453 e. The van der Waals surface area contributed by atoms with Crippen molar-refractivity contribution in [2.24, 2.45) is 0 Å². The number of nitrogens with one attached hydrogen (secondary N) is 1. The Labute approximate surface area is 212 Å². The number of likely N-dealkylation sites (N-methyl/N-ethyl adjacent to an activating group) is 1. The van der Waals surface area contributed by atoms with Crippen molar-refractivity contribution in [3.05, 3.63) is 83.4 Å². The predicted molar refractivity (Wildman–Crippen MR) is 136 cm³/mol. The van der Waals surface area contributed by atoms with Crippen LogP contribution in [0.3, 0.4) is 0 Å². The molecule has 1 fully saturated rings. The highest BCUT2D eigenvalue weighted by molar-refractivity contribution is 5.82. The Morgan fingerprint density at radius 2 is 1.78 bits per heavy atom. The van der Waals surface area contributed by atoms with Crippen molar-refractivity contribution in [3.8, 4) is 0 Å². The lowest BCUT2D eigenvalue weighted by atomic mass is 9.99. The third kappa shape index (κ3) is 7.99. The molecule has 3 rings (SSSR count). The van der Waals surface area contributed by atoms with Crippen LogP contribution >= 0.6 is 0 Å². The van der Waals surface area contributed by atoms with Gasteiger partial charge in [-0.25, -0.2) is 0 Å². The Kier molecular flexibility index (Phi) is 10.2. The molecule has 4 unspecified atom stereocenters. The highest BCUT2D eigenvalue weighted by Gasteiger charge is 2.32. The SMILES string of the molecule is C=CCN(C)CC1CC(c2ccc(CO)cc2)OC(c2ccc(CNC(=O)C(C)OC(C)=O)cc2)O1. The second-order valence-electron chi connectivity index (χ2n) is 9.07. The molecule has 0 bridgehead atoms. The molecule has 0 spiro atoms. The van der Waals surface area contributed by atoms with Gasteiger partial charge in [-0.2, -0.15) is 0 Å². The van der Waals surface area contributed by atoms with Gasteiger partial charge < -0.3 is 29.5 Å². The standard InChI is InChI=1S/C28H36N2O6/c1-5-14-30(4)17-25-15-26(23-10-8-22(18-31)9-11-23)36-28(35-25)24-12-6-21(7-13-24)16-29-27(33)19(2)34-20(3)32/h5-13,19,25-26,28,31H,1,14-18H2,2-4H3,(H,29,33). The van der Waals surface area contributed by atoms with Crippen molar-refractivity contribution < 1.29 is 28.9 Å². The van der Waals surface area contributed by atoms with Gasteiger partial charge in [0.1, 0.15) is 0 Å². The van der Waals surface area contributed by atoms with Gasteiger partial charge in [-0.15, -0.1) is 6.58 Å². The van der Waals surface area contributed by atoms with Gasteiger partial charge in [0.25, 0.3) is 5.91 Å². The van der Waals surface area contributed by atoms with Crippen LogP contribution < -0.4 is 5.32 Å². The molecule has 36 heavy (non-hydrogen) atoms. The van der Waals surface area contributed by atoms with Crippen LogP contribution in [0.15, 0.2) is 61.2 Å². The normalized spacial score (nSPS) is 20.5. The van der Waals surface area contributed by atoms with Crippen molar-refractivity contribution in [1.82, 2.24) is 10.2 Å². The second kappa shape index (κ2) is 13.3. The fourth-order valence-electron chi connectivity index (χ4n) is 4.10. The van der Waals surface area contributed by atoms with Crippen LogP contribution in [0.5, 0.6) is 0 Å². The summed E-state index contributed by atoms with van der Waals surface area (Å²) in [6.45, 7) is 8.44. The number of benzene rings is 2. The van der Waals surface area contributed by atoms with E-state index < -0.39 is 18.4 Å². The first-order valence-electron chi connectivity index (χ1n) is 12.1. The van der Waals surface area contributed by atoms with Gasteiger partial charge in [-0.3, -0.25) is 9.59 Å². The van der Waals surface area contributed by atoms with Crippen molar-refractivity contribution in [2.45, 2.75) is 58.0 Å². The number of esters is 1. The molecule has 2 N–H and O–H groups in total. The minimum absolute atomic E-state index is 0.00196. The molecule has 1 saturated heterocycles. The van der Waals surface area contributed by atoms with Crippen molar-refractivity contribution in [2.75, 3.05) is 20.1 Å². The highest BCUT2D eigenvalue weighted by Crippen LogP contribution is 2.38. The Hall–Kier alpha value is -3.04. The summed E-state index contributed by atoms with van der Waals surface area (Å²) in [6.07, 6.45) is 0.993. The third-order valence-electron chi connectivity index (χ3n) is 6.00. The first-order valence-corrected chi connectivity index (χ1v) is 12.1. The number of carbonyl (C=O) groups is 2. The second-order valence-corrected chi connectivity index (χ2v) is 9.07. The summed E-state index contributed by atoms with van der Waals surface area (Å²) in [5, 5.41) is 12.1. The van der Waals surface area contributed by atoms with Gasteiger partial charge in [0, 0.05) is 38.5 Å². The quantitative estimate of drug-likeness (QED) is 0.363. The Morgan fingerprint density at radius 3 is 2.39 bits per heavy atom. The first kappa shape index (κ1) is 27.5. The van der Waals surface area contributed by atoms with Crippen LogP contribution in [0.4, 0.5) is 0 Å². The number of hydrogen-bond donors (Lipinski definition) is 2. The van der Waals surface area contributed by atoms with E-state index in [1.807, 2.05) is 61.7 Å². The number of rotatable bonds is 11. The van der Waals surface area contributed by atoms with E-state index in [-0.39, 0.29) is 24.7 Å². The number of aliphatic hydroxyl groups is 1. The summed E-state index contributed by atoms with van der Waals surface area (Å²) in [5.74, 6) is -0.846. The molecule has 0 radical (unpaired) electrons. The zero-order chi connectivity index (χ0) is 26.1. The van der Waals surface area contributed by atoms with Gasteiger partial charge >= 0.3 is 5.97 Å². The monoisotopic (exact) mass is 496 g/mol. The average molecular weight is 497 g/mol. The van der Waals surface area contributed by atoms with E-state index in [1.165, 1.54) is 13.8 Å². The van der Waals surface area contributed by atoms with Crippen molar-refractivity contribution in [3.63, 3.8) is 0 Å². The molecular weight excluding hydrogens is 460 g/mol. The molecule has 1 heterocycles. The first-order chi connectivity index (χ1) is 17.3. The third-order valence-corrected chi connectivity index (χ3v) is 6.00. The molecule has 2 aromatic carbocycles. The smallest absolute Gasteiger partial charge is 0.303 e. The summed E-state index contributed by atoms with van der Waals surface area (Å²) in [4.78, 5) is 25.3. The van der Waals surface area contributed by atoms with Crippen molar-refractivity contribution >= 4 is 11.9 Å². The molecule has 1 amide bonds. The molecule has 1 aliphatic rings. The minimum atomic E-state index is -0.842. The number of hydrogen-bond acceptors (Lipinski definition) is 7. The van der Waals surface area contributed by atoms with Crippen LogP contribution in [0.1, 0.15) is 54.9 Å². The maximum Gasteiger partial charge on any atom is 0.303 e. The molecule has 0 saturated carbocycles. The summed E-state index contributed by atoms with van der Waals surface area (Å²) in [6, 6.07) is 15.5. The van der Waals surface area contributed by atoms with E-state index >= 15 is 0 Å². The summed E-state index contributed by atoms with van der Waals surface area (Å²) >= 11 is 0. The van der Waals surface area contributed by atoms with Crippen LogP contribution in [0.25, 0.3) is 0 Å². The Balaban J connectivity index is 1.69. The molecule has 8 heteroatoms. The zero-order valence-electron chi connectivity index (χ0n) is 21.2. The maximum atomic E-state index is 12.1. The lowest BCUT2D eigenvalue weighted by molar-refractivity contribution is -0.252. The van der Waals surface area contributed by atoms with Gasteiger partial charge in [0.2, 0.25) is 0 Å². The Bertz CT molecular complexity index is 1010. The van der Waals surface area contributed by atoms with E-state index in [0.717, 1.165) is 35.3 Å². The highest BCUT2D eigenvalue weighted by atomic mass is 16.7. The van der Waals surface area contributed by atoms with Crippen LogP contribution in [-0.2, 0) is 37.0 Å². The number of nitrogens with zero attached hydrogens (tertiary/aromatic N) is 1. The summed E-state index contributed by atoms with van der Waals surface area (Å²) < 4.78 is 17.6. The zero-order valence-corrected chi connectivity index (χ0v) is 21.2. The average Bonchev–Trinajstić information content (AvgIpc) is 2.87. The van der Waals surface area contributed by atoms with E-state index in [9.17, 15) is 14.7 Å². The number of ether oxygens (including phenoxy) is 3. The molecule has 2 aromatic rings. The molecular formula is C28H36N2O6. The van der Waals surface area contributed by atoms with E-state index in [0.29, 0.717) is 13.0 Å². The summed E-state index contributed by atoms with van der Waals surface area (Å²) in [7, 11) is 2.03. The van der Waals surface area contributed by atoms with E-state index in [4.69, 9.17) is 14.2 Å². The van der Waals surface area contributed by atoms with Gasteiger partial charge in [0.05, 0.1) is 18.8 Å². The number of carbonyl (C=O) groups excluding carboxylic acids is 2. The van der Waals surface area contributed by atoms with Gasteiger partial charge in [-0.05, 0) is 30.7 Å². The van der Waals surface area contributed by atoms with Gasteiger partial charge in [-0.1, -0.05) is 54.6 Å². The van der Waals surface area contributed by atoms with Gasteiger partial charge in [0.15, 0.2) is 12.4 Å².